The fourth-order valence-electron chi connectivity index (χ4n) is 2.58. The lowest BCUT2D eigenvalue weighted by atomic mass is 10.0. The Morgan fingerprint density at radius 2 is 1.94 bits per heavy atom. The van der Waals surface area contributed by atoms with Gasteiger partial charge in [0.1, 0.15) is 0 Å². The van der Waals surface area contributed by atoms with Crippen LogP contribution in [0.2, 0.25) is 0 Å². The number of piperidine rings is 1. The lowest BCUT2D eigenvalue weighted by molar-refractivity contribution is 0.218. The summed E-state index contributed by atoms with van der Waals surface area (Å²) in [5, 5.41) is 3.35. The van der Waals surface area contributed by atoms with Gasteiger partial charge in [-0.25, -0.2) is 4.98 Å². The zero-order valence-corrected chi connectivity index (χ0v) is 11.9. The van der Waals surface area contributed by atoms with Gasteiger partial charge in [-0.2, -0.15) is 0 Å². The van der Waals surface area contributed by atoms with Crippen LogP contribution in [0, 0.1) is 0 Å². The maximum atomic E-state index is 4.30. The summed E-state index contributed by atoms with van der Waals surface area (Å²) in [6.45, 7) is 9.10. The van der Waals surface area contributed by atoms with Crippen molar-refractivity contribution in [1.82, 2.24) is 19.8 Å². The second kappa shape index (κ2) is 5.85. The van der Waals surface area contributed by atoms with E-state index in [1.54, 1.807) is 0 Å². The van der Waals surface area contributed by atoms with Crippen LogP contribution in [-0.4, -0.2) is 41.1 Å². The highest BCUT2D eigenvalue weighted by Crippen LogP contribution is 2.19. The van der Waals surface area contributed by atoms with Gasteiger partial charge in [0.05, 0.1) is 17.6 Å². The van der Waals surface area contributed by atoms with E-state index < -0.39 is 0 Å². The Bertz CT molecular complexity index is 364. The third kappa shape index (κ3) is 3.12. The highest BCUT2D eigenvalue weighted by Gasteiger charge is 2.22. The first-order valence-electron chi connectivity index (χ1n) is 7.05. The van der Waals surface area contributed by atoms with Crippen LogP contribution in [-0.2, 0) is 12.1 Å². The van der Waals surface area contributed by atoms with Crippen LogP contribution in [0.25, 0.3) is 0 Å². The van der Waals surface area contributed by atoms with Gasteiger partial charge in [-0.3, -0.25) is 0 Å². The number of hydrogen-bond acceptors (Lipinski definition) is 3. The summed E-state index contributed by atoms with van der Waals surface area (Å²) in [4.78, 5) is 6.87. The standard InChI is InChI=1S/C14H26N4/c1-14(2,15-3)13-11-16-12-18(13)10-9-17-7-5-4-6-8-17/h11-12,15H,4-10H2,1-3H3. The monoisotopic (exact) mass is 250 g/mol. The Balaban J connectivity index is 1.95. The second-order valence-corrected chi connectivity index (χ2v) is 5.75. The molecule has 1 fully saturated rings. The molecular formula is C14H26N4. The van der Waals surface area contributed by atoms with Gasteiger partial charge in [-0.15, -0.1) is 0 Å². The molecular weight excluding hydrogens is 224 g/mol. The molecule has 1 saturated heterocycles. The average Bonchev–Trinajstić information content (AvgIpc) is 2.87. The lowest BCUT2D eigenvalue weighted by Crippen LogP contribution is -2.37. The van der Waals surface area contributed by atoms with E-state index in [9.17, 15) is 0 Å². The Hall–Kier alpha value is -0.870. The quantitative estimate of drug-likeness (QED) is 0.865. The number of likely N-dealkylation sites (tertiary alicyclic amines) is 1. The molecule has 1 N–H and O–H groups in total. The SMILES string of the molecule is CNC(C)(C)c1cncn1CCN1CCCCC1. The maximum absolute atomic E-state index is 4.30. The van der Waals surface area contributed by atoms with Crippen molar-refractivity contribution in [2.24, 2.45) is 0 Å². The van der Waals surface area contributed by atoms with Crippen molar-refractivity contribution in [1.29, 1.82) is 0 Å². The molecule has 0 aliphatic carbocycles. The molecule has 0 unspecified atom stereocenters. The zero-order valence-electron chi connectivity index (χ0n) is 11.9. The van der Waals surface area contributed by atoms with Gasteiger partial charge in [0.2, 0.25) is 0 Å². The van der Waals surface area contributed by atoms with Crippen LogP contribution in [0.4, 0.5) is 0 Å². The van der Waals surface area contributed by atoms with Crippen molar-refractivity contribution in [3.05, 3.63) is 18.2 Å². The molecule has 0 bridgehead atoms. The van der Waals surface area contributed by atoms with E-state index in [4.69, 9.17) is 0 Å². The molecule has 4 heteroatoms. The summed E-state index contributed by atoms with van der Waals surface area (Å²) in [5.41, 5.74) is 1.25. The smallest absolute Gasteiger partial charge is 0.0949 e. The third-order valence-electron chi connectivity index (χ3n) is 4.08. The first-order chi connectivity index (χ1) is 8.63. The van der Waals surface area contributed by atoms with E-state index in [1.807, 2.05) is 19.6 Å². The zero-order chi connectivity index (χ0) is 13.0. The van der Waals surface area contributed by atoms with Crippen LogP contribution in [0.5, 0.6) is 0 Å². The van der Waals surface area contributed by atoms with Crippen molar-refractivity contribution in [2.75, 3.05) is 26.7 Å². The Morgan fingerprint density at radius 3 is 2.61 bits per heavy atom. The minimum atomic E-state index is -0.0155. The summed E-state index contributed by atoms with van der Waals surface area (Å²) in [6.07, 6.45) is 8.06. The van der Waals surface area contributed by atoms with Crippen molar-refractivity contribution in [3.63, 3.8) is 0 Å². The molecule has 1 aliphatic heterocycles. The summed E-state index contributed by atoms with van der Waals surface area (Å²) >= 11 is 0. The lowest BCUT2D eigenvalue weighted by Gasteiger charge is -2.29. The van der Waals surface area contributed by atoms with Crippen molar-refractivity contribution < 1.29 is 0 Å². The number of nitrogens with zero attached hydrogens (tertiary/aromatic N) is 3. The fraction of sp³-hybridized carbons (Fsp3) is 0.786. The molecule has 0 atom stereocenters. The molecule has 0 spiro atoms. The molecule has 0 aromatic carbocycles. The third-order valence-corrected chi connectivity index (χ3v) is 4.08. The number of nitrogens with one attached hydrogen (secondary N) is 1. The van der Waals surface area contributed by atoms with Crippen LogP contribution in [0.3, 0.4) is 0 Å². The Kier molecular flexibility index (Phi) is 4.40. The summed E-state index contributed by atoms with van der Waals surface area (Å²) in [5.74, 6) is 0. The largest absolute Gasteiger partial charge is 0.332 e. The molecule has 0 radical (unpaired) electrons. The van der Waals surface area contributed by atoms with Crippen molar-refractivity contribution in [3.8, 4) is 0 Å². The van der Waals surface area contributed by atoms with E-state index in [0.717, 1.165) is 13.1 Å². The molecule has 1 aliphatic rings. The van der Waals surface area contributed by atoms with E-state index in [1.165, 1.54) is 38.0 Å². The molecule has 2 heterocycles. The number of imidazole rings is 1. The maximum Gasteiger partial charge on any atom is 0.0949 e. The molecule has 102 valence electrons. The normalized spacial score (nSPS) is 18.2. The van der Waals surface area contributed by atoms with Gasteiger partial charge in [-0.05, 0) is 46.8 Å². The number of aromatic nitrogens is 2. The summed E-state index contributed by atoms with van der Waals surface area (Å²) in [7, 11) is 2.00. The van der Waals surface area contributed by atoms with E-state index in [-0.39, 0.29) is 5.54 Å². The van der Waals surface area contributed by atoms with Gasteiger partial charge in [0, 0.05) is 19.3 Å². The van der Waals surface area contributed by atoms with Crippen LogP contribution >= 0.6 is 0 Å². The van der Waals surface area contributed by atoms with Gasteiger partial charge >= 0.3 is 0 Å². The van der Waals surface area contributed by atoms with E-state index in [0.29, 0.717) is 0 Å². The van der Waals surface area contributed by atoms with E-state index in [2.05, 4.69) is 33.6 Å². The molecule has 2 rings (SSSR count). The summed E-state index contributed by atoms with van der Waals surface area (Å²) < 4.78 is 2.28. The first-order valence-corrected chi connectivity index (χ1v) is 7.05. The van der Waals surface area contributed by atoms with Gasteiger partial charge in [0.15, 0.2) is 0 Å². The second-order valence-electron chi connectivity index (χ2n) is 5.75. The minimum Gasteiger partial charge on any atom is -0.332 e. The van der Waals surface area contributed by atoms with E-state index >= 15 is 0 Å². The predicted molar refractivity (Wildman–Crippen MR) is 74.6 cm³/mol. The highest BCUT2D eigenvalue weighted by molar-refractivity contribution is 5.10. The highest BCUT2D eigenvalue weighted by atomic mass is 15.2. The number of hydrogen-bond donors (Lipinski definition) is 1. The fourth-order valence-corrected chi connectivity index (χ4v) is 2.58. The Morgan fingerprint density at radius 1 is 1.22 bits per heavy atom. The molecule has 1 aromatic rings. The number of rotatable bonds is 5. The topological polar surface area (TPSA) is 33.1 Å². The first kappa shape index (κ1) is 13.6. The molecule has 1 aromatic heterocycles. The van der Waals surface area contributed by atoms with Gasteiger partial charge in [-0.1, -0.05) is 6.42 Å². The van der Waals surface area contributed by atoms with Crippen molar-refractivity contribution in [2.45, 2.75) is 45.2 Å². The predicted octanol–water partition coefficient (Wildman–Crippen LogP) is 1.82. The molecule has 4 nitrogen and oxygen atoms in total. The molecule has 18 heavy (non-hydrogen) atoms. The van der Waals surface area contributed by atoms with Gasteiger partial charge < -0.3 is 14.8 Å². The van der Waals surface area contributed by atoms with Crippen LogP contribution in [0.1, 0.15) is 38.8 Å². The van der Waals surface area contributed by atoms with Crippen LogP contribution in [0.15, 0.2) is 12.5 Å². The van der Waals surface area contributed by atoms with Crippen molar-refractivity contribution >= 4 is 0 Å². The Labute approximate surface area is 110 Å². The van der Waals surface area contributed by atoms with Gasteiger partial charge in [0.25, 0.3) is 0 Å². The average molecular weight is 250 g/mol. The minimum absolute atomic E-state index is 0.0155. The molecule has 0 saturated carbocycles. The summed E-state index contributed by atoms with van der Waals surface area (Å²) in [6, 6.07) is 0. The molecule has 0 amide bonds. The van der Waals surface area contributed by atoms with Crippen LogP contribution < -0.4 is 5.32 Å².